The van der Waals surface area contributed by atoms with E-state index in [9.17, 15) is 4.79 Å². The molecule has 0 aromatic carbocycles. The maximum absolute atomic E-state index is 11.0. The van der Waals surface area contributed by atoms with Crippen molar-refractivity contribution in [2.24, 2.45) is 5.92 Å². The Bertz CT molecular complexity index is 121. The van der Waals surface area contributed by atoms with Crippen molar-refractivity contribution in [3.8, 4) is 0 Å². The van der Waals surface area contributed by atoms with Crippen LogP contribution in [0.25, 0.3) is 0 Å². The van der Waals surface area contributed by atoms with Gasteiger partial charge in [-0.1, -0.05) is 6.92 Å². The second-order valence-electron chi connectivity index (χ2n) is 2.53. The minimum atomic E-state index is 0.131. The molecule has 0 aromatic heterocycles. The molecule has 0 spiro atoms. The van der Waals surface area contributed by atoms with E-state index < -0.39 is 0 Å². The summed E-state index contributed by atoms with van der Waals surface area (Å²) < 4.78 is 4.88. The lowest BCUT2D eigenvalue weighted by atomic mass is 10.1. The van der Waals surface area contributed by atoms with E-state index in [-0.39, 0.29) is 11.8 Å². The second kappa shape index (κ2) is 3.56. The fourth-order valence-electron chi connectivity index (χ4n) is 0.780. The molecule has 3 nitrogen and oxygen atoms in total. The molecule has 10 heavy (non-hydrogen) atoms. The molecule has 1 N–H and O–H groups in total. The predicted molar refractivity (Wildman–Crippen MR) is 37.6 cm³/mol. The van der Waals surface area contributed by atoms with E-state index in [1.165, 1.54) is 0 Å². The van der Waals surface area contributed by atoms with Gasteiger partial charge in [-0.05, 0) is 6.42 Å². The Morgan fingerprint density at radius 2 is 2.40 bits per heavy atom. The van der Waals surface area contributed by atoms with Gasteiger partial charge in [-0.2, -0.15) is 0 Å². The summed E-state index contributed by atoms with van der Waals surface area (Å²) in [5.41, 5.74) is 0. The van der Waals surface area contributed by atoms with Gasteiger partial charge in [0.1, 0.15) is 0 Å². The first-order chi connectivity index (χ1) is 4.84. The fourth-order valence-corrected chi connectivity index (χ4v) is 0.780. The highest BCUT2D eigenvalue weighted by Crippen LogP contribution is 2.08. The van der Waals surface area contributed by atoms with E-state index >= 15 is 0 Å². The normalized spacial score (nSPS) is 18.1. The maximum Gasteiger partial charge on any atom is 0.227 e. The summed E-state index contributed by atoms with van der Waals surface area (Å²) in [6.45, 7) is 4.04. The fraction of sp³-hybridized carbons (Fsp3) is 0.857. The zero-order valence-electron chi connectivity index (χ0n) is 6.22. The van der Waals surface area contributed by atoms with Gasteiger partial charge in [-0.25, -0.2) is 0 Å². The van der Waals surface area contributed by atoms with Crippen LogP contribution in [-0.4, -0.2) is 25.7 Å². The van der Waals surface area contributed by atoms with E-state index in [0.29, 0.717) is 13.2 Å². The molecule has 1 aliphatic rings. The van der Waals surface area contributed by atoms with Gasteiger partial charge in [0, 0.05) is 6.54 Å². The quantitative estimate of drug-likeness (QED) is 0.611. The summed E-state index contributed by atoms with van der Waals surface area (Å²) in [6, 6.07) is 0. The summed E-state index contributed by atoms with van der Waals surface area (Å²) in [5, 5.41) is 2.82. The molecule has 1 fully saturated rings. The number of ether oxygens (including phenoxy) is 1. The molecule has 58 valence electrons. The number of carbonyl (C=O) groups excluding carboxylic acids is 1. The van der Waals surface area contributed by atoms with E-state index in [1.807, 2.05) is 6.92 Å². The molecule has 1 heterocycles. The Hall–Kier alpha value is -0.570. The van der Waals surface area contributed by atoms with Crippen molar-refractivity contribution in [3.05, 3.63) is 0 Å². The molecular weight excluding hydrogens is 130 g/mol. The summed E-state index contributed by atoms with van der Waals surface area (Å²) >= 11 is 0. The summed E-state index contributed by atoms with van der Waals surface area (Å²) in [6.07, 6.45) is 0.999. The molecule has 1 amide bonds. The van der Waals surface area contributed by atoms with Crippen molar-refractivity contribution in [2.75, 3.05) is 19.8 Å². The Morgan fingerprint density at radius 3 is 2.80 bits per heavy atom. The Kier molecular flexibility index (Phi) is 2.68. The molecule has 0 unspecified atom stereocenters. The van der Waals surface area contributed by atoms with Gasteiger partial charge in [0.15, 0.2) is 0 Å². The van der Waals surface area contributed by atoms with Crippen molar-refractivity contribution in [2.45, 2.75) is 13.3 Å². The van der Waals surface area contributed by atoms with Gasteiger partial charge in [0.05, 0.1) is 19.1 Å². The first-order valence-corrected chi connectivity index (χ1v) is 3.70. The first kappa shape index (κ1) is 7.54. The van der Waals surface area contributed by atoms with Crippen LogP contribution in [0.1, 0.15) is 13.3 Å². The molecule has 1 rings (SSSR count). The Balaban J connectivity index is 2.08. The van der Waals surface area contributed by atoms with E-state index in [0.717, 1.165) is 13.0 Å². The molecule has 0 saturated carbocycles. The zero-order valence-corrected chi connectivity index (χ0v) is 6.22. The zero-order chi connectivity index (χ0) is 7.40. The van der Waals surface area contributed by atoms with Crippen LogP contribution in [0.2, 0.25) is 0 Å². The molecule has 0 radical (unpaired) electrons. The third-order valence-corrected chi connectivity index (χ3v) is 1.56. The topological polar surface area (TPSA) is 38.3 Å². The minimum Gasteiger partial charge on any atom is -0.380 e. The van der Waals surface area contributed by atoms with Crippen molar-refractivity contribution >= 4 is 5.91 Å². The van der Waals surface area contributed by atoms with Crippen molar-refractivity contribution in [1.29, 1.82) is 0 Å². The van der Waals surface area contributed by atoms with Crippen LogP contribution < -0.4 is 5.32 Å². The SMILES string of the molecule is CCCNC(=O)C1COC1. The van der Waals surface area contributed by atoms with Crippen molar-refractivity contribution < 1.29 is 9.53 Å². The van der Waals surface area contributed by atoms with Gasteiger partial charge in [-0.3, -0.25) is 4.79 Å². The van der Waals surface area contributed by atoms with Crippen LogP contribution in [-0.2, 0) is 9.53 Å². The van der Waals surface area contributed by atoms with E-state index in [2.05, 4.69) is 5.32 Å². The smallest absolute Gasteiger partial charge is 0.227 e. The third-order valence-electron chi connectivity index (χ3n) is 1.56. The van der Waals surface area contributed by atoms with Crippen LogP contribution in [0.4, 0.5) is 0 Å². The number of nitrogens with one attached hydrogen (secondary N) is 1. The lowest BCUT2D eigenvalue weighted by Gasteiger charge is -2.24. The van der Waals surface area contributed by atoms with Gasteiger partial charge in [0.25, 0.3) is 0 Å². The van der Waals surface area contributed by atoms with Gasteiger partial charge in [0.2, 0.25) is 5.91 Å². The van der Waals surface area contributed by atoms with Crippen LogP contribution in [0.5, 0.6) is 0 Å². The number of hydrogen-bond donors (Lipinski definition) is 1. The largest absolute Gasteiger partial charge is 0.380 e. The molecule has 1 saturated heterocycles. The molecular formula is C7H13NO2. The number of hydrogen-bond acceptors (Lipinski definition) is 2. The summed E-state index contributed by atoms with van der Waals surface area (Å²) in [5.74, 6) is 0.277. The molecule has 0 aliphatic carbocycles. The van der Waals surface area contributed by atoms with Crippen molar-refractivity contribution in [1.82, 2.24) is 5.32 Å². The monoisotopic (exact) mass is 143 g/mol. The molecule has 0 bridgehead atoms. The molecule has 3 heteroatoms. The van der Waals surface area contributed by atoms with Gasteiger partial charge >= 0.3 is 0 Å². The first-order valence-electron chi connectivity index (χ1n) is 3.70. The number of rotatable bonds is 3. The average Bonchev–Trinajstić information content (AvgIpc) is 1.79. The summed E-state index contributed by atoms with van der Waals surface area (Å²) in [4.78, 5) is 11.0. The standard InChI is InChI=1S/C7H13NO2/c1-2-3-8-7(9)6-4-10-5-6/h6H,2-5H2,1H3,(H,8,9). The maximum atomic E-state index is 11.0. The van der Waals surface area contributed by atoms with Gasteiger partial charge < -0.3 is 10.1 Å². The van der Waals surface area contributed by atoms with Crippen LogP contribution >= 0.6 is 0 Å². The van der Waals surface area contributed by atoms with Crippen LogP contribution in [0.15, 0.2) is 0 Å². The van der Waals surface area contributed by atoms with Gasteiger partial charge in [-0.15, -0.1) is 0 Å². The lowest BCUT2D eigenvalue weighted by Crippen LogP contribution is -2.42. The van der Waals surface area contributed by atoms with Crippen LogP contribution in [0, 0.1) is 5.92 Å². The van der Waals surface area contributed by atoms with E-state index in [1.54, 1.807) is 0 Å². The lowest BCUT2D eigenvalue weighted by molar-refractivity contribution is -0.138. The minimum absolute atomic E-state index is 0.131. The Morgan fingerprint density at radius 1 is 1.70 bits per heavy atom. The number of carbonyl (C=O) groups is 1. The third kappa shape index (κ3) is 1.70. The number of amides is 1. The predicted octanol–water partition coefficient (Wildman–Crippen LogP) is 0.159. The highest BCUT2D eigenvalue weighted by atomic mass is 16.5. The highest BCUT2D eigenvalue weighted by Gasteiger charge is 2.25. The highest BCUT2D eigenvalue weighted by molar-refractivity contribution is 5.79. The van der Waals surface area contributed by atoms with Crippen molar-refractivity contribution in [3.63, 3.8) is 0 Å². The Labute approximate surface area is 60.7 Å². The average molecular weight is 143 g/mol. The molecule has 0 aromatic rings. The van der Waals surface area contributed by atoms with Crippen LogP contribution in [0.3, 0.4) is 0 Å². The second-order valence-corrected chi connectivity index (χ2v) is 2.53. The summed E-state index contributed by atoms with van der Waals surface area (Å²) in [7, 11) is 0. The molecule has 0 atom stereocenters. The molecule has 1 aliphatic heterocycles. The van der Waals surface area contributed by atoms with E-state index in [4.69, 9.17) is 4.74 Å².